The van der Waals surface area contributed by atoms with Crippen molar-refractivity contribution in [3.63, 3.8) is 0 Å². The first-order valence-corrected chi connectivity index (χ1v) is 5.40. The molecular formula is C8H13BrO4. The fourth-order valence-electron chi connectivity index (χ4n) is 0.995. The van der Waals surface area contributed by atoms with Crippen LogP contribution < -0.4 is 0 Å². The maximum atomic E-state index is 10.9. The molecule has 0 aromatic carbocycles. The molecule has 1 saturated heterocycles. The van der Waals surface area contributed by atoms with Crippen LogP contribution in [0.15, 0.2) is 0 Å². The molecule has 0 saturated carbocycles. The molecule has 1 heterocycles. The molecular weight excluding hydrogens is 240 g/mol. The van der Waals surface area contributed by atoms with Crippen LogP contribution in [0.2, 0.25) is 0 Å². The van der Waals surface area contributed by atoms with Crippen molar-refractivity contribution in [3.8, 4) is 0 Å². The van der Waals surface area contributed by atoms with Crippen LogP contribution in [0.4, 0.5) is 0 Å². The topological polar surface area (TPSA) is 44.8 Å². The first-order chi connectivity index (χ1) is 6.33. The zero-order valence-corrected chi connectivity index (χ0v) is 8.92. The van der Waals surface area contributed by atoms with E-state index in [0.29, 0.717) is 19.8 Å². The summed E-state index contributed by atoms with van der Waals surface area (Å²) in [4.78, 5) is 10.9. The second-order valence-electron chi connectivity index (χ2n) is 2.71. The molecule has 0 aliphatic carbocycles. The quantitative estimate of drug-likeness (QED) is 0.545. The van der Waals surface area contributed by atoms with Crippen LogP contribution in [0, 0.1) is 0 Å². The van der Waals surface area contributed by atoms with Crippen molar-refractivity contribution in [2.75, 3.05) is 25.2 Å². The van der Waals surface area contributed by atoms with E-state index in [1.54, 1.807) is 0 Å². The van der Waals surface area contributed by atoms with Gasteiger partial charge in [-0.05, 0) is 12.8 Å². The van der Waals surface area contributed by atoms with Gasteiger partial charge in [-0.15, -0.1) is 0 Å². The second-order valence-corrected chi connectivity index (χ2v) is 3.27. The average molecular weight is 253 g/mol. The maximum absolute atomic E-state index is 10.9. The average Bonchev–Trinajstić information content (AvgIpc) is 2.09. The summed E-state index contributed by atoms with van der Waals surface area (Å²) in [7, 11) is 0. The molecule has 4 nitrogen and oxygen atoms in total. The standard InChI is InChI=1S/C8H13BrO4/c9-5-7(10)13-8-6-11-3-1-2-4-12-8/h8H,1-6H2. The number of hydrogen-bond donors (Lipinski definition) is 0. The Balaban J connectivity index is 2.25. The number of esters is 1. The van der Waals surface area contributed by atoms with Crippen LogP contribution in [-0.4, -0.2) is 37.4 Å². The number of halogens is 1. The van der Waals surface area contributed by atoms with Gasteiger partial charge in [0.15, 0.2) is 0 Å². The van der Waals surface area contributed by atoms with Gasteiger partial charge in [0.25, 0.3) is 0 Å². The third-order valence-corrected chi connectivity index (χ3v) is 2.07. The van der Waals surface area contributed by atoms with Gasteiger partial charge in [0.05, 0.1) is 6.61 Å². The van der Waals surface area contributed by atoms with Gasteiger partial charge in [-0.1, -0.05) is 15.9 Å². The lowest BCUT2D eigenvalue weighted by Crippen LogP contribution is -2.29. The van der Waals surface area contributed by atoms with E-state index in [1.165, 1.54) is 0 Å². The van der Waals surface area contributed by atoms with Crippen LogP contribution >= 0.6 is 15.9 Å². The highest BCUT2D eigenvalue weighted by Crippen LogP contribution is 2.05. The first-order valence-electron chi connectivity index (χ1n) is 4.27. The molecule has 0 aromatic heterocycles. The Morgan fingerprint density at radius 2 is 2.23 bits per heavy atom. The Labute approximate surface area is 85.7 Å². The van der Waals surface area contributed by atoms with Crippen molar-refractivity contribution in [2.24, 2.45) is 0 Å². The molecule has 1 aliphatic rings. The third-order valence-electron chi connectivity index (χ3n) is 1.61. The molecule has 1 fully saturated rings. The van der Waals surface area contributed by atoms with E-state index >= 15 is 0 Å². The van der Waals surface area contributed by atoms with E-state index < -0.39 is 6.29 Å². The summed E-state index contributed by atoms with van der Waals surface area (Å²) in [5.41, 5.74) is 0. The van der Waals surface area contributed by atoms with Gasteiger partial charge in [-0.2, -0.15) is 0 Å². The zero-order valence-electron chi connectivity index (χ0n) is 7.33. The van der Waals surface area contributed by atoms with E-state index in [1.807, 2.05) is 0 Å². The van der Waals surface area contributed by atoms with Crippen molar-refractivity contribution in [1.82, 2.24) is 0 Å². The lowest BCUT2D eigenvalue weighted by atomic mass is 10.3. The van der Waals surface area contributed by atoms with Gasteiger partial charge in [0, 0.05) is 6.61 Å². The molecule has 76 valence electrons. The SMILES string of the molecule is O=C(CBr)OC1COCCCCO1. The highest BCUT2D eigenvalue weighted by Gasteiger charge is 2.15. The summed E-state index contributed by atoms with van der Waals surface area (Å²) >= 11 is 3.01. The Bertz CT molecular complexity index is 154. The number of hydrogen-bond acceptors (Lipinski definition) is 4. The summed E-state index contributed by atoms with van der Waals surface area (Å²) in [6.07, 6.45) is 1.41. The van der Waals surface area contributed by atoms with E-state index in [4.69, 9.17) is 14.2 Å². The summed E-state index contributed by atoms with van der Waals surface area (Å²) in [5.74, 6) is -0.325. The lowest BCUT2D eigenvalue weighted by Gasteiger charge is -2.20. The molecule has 13 heavy (non-hydrogen) atoms. The number of rotatable bonds is 2. The molecule has 0 aromatic rings. The number of carbonyl (C=O) groups is 1. The van der Waals surface area contributed by atoms with Gasteiger partial charge in [0.1, 0.15) is 11.9 Å². The molecule has 0 spiro atoms. The Morgan fingerprint density at radius 1 is 1.46 bits per heavy atom. The van der Waals surface area contributed by atoms with Gasteiger partial charge < -0.3 is 14.2 Å². The molecule has 0 bridgehead atoms. The fraction of sp³-hybridized carbons (Fsp3) is 0.875. The van der Waals surface area contributed by atoms with Crippen molar-refractivity contribution in [2.45, 2.75) is 19.1 Å². The zero-order chi connectivity index (χ0) is 9.52. The number of carbonyl (C=O) groups excluding carboxylic acids is 1. The van der Waals surface area contributed by atoms with Crippen LogP contribution in [0.25, 0.3) is 0 Å². The van der Waals surface area contributed by atoms with Crippen LogP contribution in [-0.2, 0) is 19.0 Å². The monoisotopic (exact) mass is 252 g/mol. The van der Waals surface area contributed by atoms with Crippen LogP contribution in [0.3, 0.4) is 0 Å². The largest absolute Gasteiger partial charge is 0.433 e. The molecule has 1 unspecified atom stereocenters. The molecule has 0 N–H and O–H groups in total. The predicted octanol–water partition coefficient (Wildman–Crippen LogP) is 1.08. The number of alkyl halides is 1. The summed E-state index contributed by atoms with van der Waals surface area (Å²) < 4.78 is 15.4. The van der Waals surface area contributed by atoms with Crippen LogP contribution in [0.5, 0.6) is 0 Å². The smallest absolute Gasteiger partial charge is 0.318 e. The molecule has 1 atom stereocenters. The highest BCUT2D eigenvalue weighted by molar-refractivity contribution is 9.09. The lowest BCUT2D eigenvalue weighted by molar-refractivity contribution is -0.192. The maximum Gasteiger partial charge on any atom is 0.318 e. The van der Waals surface area contributed by atoms with E-state index in [-0.39, 0.29) is 11.3 Å². The minimum absolute atomic E-state index is 0.187. The Morgan fingerprint density at radius 3 is 3.00 bits per heavy atom. The van der Waals surface area contributed by atoms with Crippen molar-refractivity contribution >= 4 is 21.9 Å². The van der Waals surface area contributed by atoms with Gasteiger partial charge >= 0.3 is 5.97 Å². The minimum atomic E-state index is -0.537. The summed E-state index contributed by atoms with van der Waals surface area (Å²) in [6.45, 7) is 1.67. The number of ether oxygens (including phenoxy) is 3. The minimum Gasteiger partial charge on any atom is -0.433 e. The first kappa shape index (κ1) is 10.9. The Kier molecular flexibility index (Phi) is 5.34. The van der Waals surface area contributed by atoms with Crippen molar-refractivity contribution in [1.29, 1.82) is 0 Å². The summed E-state index contributed by atoms with van der Waals surface area (Å²) in [6, 6.07) is 0. The summed E-state index contributed by atoms with van der Waals surface area (Å²) in [5, 5.41) is 0.187. The Hall–Kier alpha value is -0.130. The van der Waals surface area contributed by atoms with Crippen molar-refractivity contribution < 1.29 is 19.0 Å². The normalized spacial score (nSPS) is 24.5. The molecule has 1 aliphatic heterocycles. The second kappa shape index (κ2) is 6.34. The third kappa shape index (κ3) is 4.59. The molecule has 1 rings (SSSR count). The van der Waals surface area contributed by atoms with E-state index in [0.717, 1.165) is 12.8 Å². The van der Waals surface area contributed by atoms with E-state index in [2.05, 4.69) is 15.9 Å². The molecule has 0 radical (unpaired) electrons. The molecule has 0 amide bonds. The molecule has 5 heteroatoms. The van der Waals surface area contributed by atoms with Gasteiger partial charge in [-0.3, -0.25) is 4.79 Å². The fourth-order valence-corrected chi connectivity index (χ4v) is 1.13. The van der Waals surface area contributed by atoms with Gasteiger partial charge in [-0.25, -0.2) is 0 Å². The van der Waals surface area contributed by atoms with Gasteiger partial charge in [0.2, 0.25) is 6.29 Å². The predicted molar refractivity (Wildman–Crippen MR) is 49.7 cm³/mol. The highest BCUT2D eigenvalue weighted by atomic mass is 79.9. The van der Waals surface area contributed by atoms with Crippen molar-refractivity contribution in [3.05, 3.63) is 0 Å². The van der Waals surface area contributed by atoms with E-state index in [9.17, 15) is 4.79 Å². The van der Waals surface area contributed by atoms with Crippen LogP contribution in [0.1, 0.15) is 12.8 Å².